The molecule has 1 N–H and O–H groups in total. The molecule has 0 unspecified atom stereocenters. The lowest BCUT2D eigenvalue weighted by Gasteiger charge is -2.40. The number of carbonyl (C=O) groups is 1. The molecule has 18 heavy (non-hydrogen) atoms. The predicted octanol–water partition coefficient (Wildman–Crippen LogP) is 1.57. The number of hydrogen-bond acceptors (Lipinski definition) is 3. The molecule has 0 saturated carbocycles. The van der Waals surface area contributed by atoms with Gasteiger partial charge in [0.1, 0.15) is 11.4 Å². The van der Waals surface area contributed by atoms with Crippen molar-refractivity contribution in [3.05, 3.63) is 30.3 Å². The maximum atomic E-state index is 12.3. The molecule has 0 aromatic heterocycles. The van der Waals surface area contributed by atoms with Gasteiger partial charge in [0.2, 0.25) is 0 Å². The van der Waals surface area contributed by atoms with Crippen LogP contribution in [0.15, 0.2) is 35.3 Å². The lowest BCUT2D eigenvalue weighted by molar-refractivity contribution is -0.122. The average molecular weight is 243 g/mol. The number of amides is 1. The fourth-order valence-corrected chi connectivity index (χ4v) is 3.00. The Bertz CT molecular complexity index is 489. The van der Waals surface area contributed by atoms with Crippen molar-refractivity contribution in [1.82, 2.24) is 5.32 Å². The van der Waals surface area contributed by atoms with E-state index in [1.807, 2.05) is 37.3 Å². The van der Waals surface area contributed by atoms with Crippen molar-refractivity contribution in [2.24, 2.45) is 4.99 Å². The van der Waals surface area contributed by atoms with Crippen LogP contribution in [0.2, 0.25) is 0 Å². The number of benzene rings is 1. The Morgan fingerprint density at radius 3 is 2.56 bits per heavy atom. The maximum Gasteiger partial charge on any atom is 0.273 e. The van der Waals surface area contributed by atoms with Gasteiger partial charge in [-0.2, -0.15) is 4.99 Å². The van der Waals surface area contributed by atoms with Crippen LogP contribution in [0.25, 0.3) is 0 Å². The first-order valence-electron chi connectivity index (χ1n) is 6.40. The molecule has 2 aliphatic rings. The average Bonchev–Trinajstić information content (AvgIpc) is 2.63. The fraction of sp³-hybridized carbons (Fsp3) is 0.429. The lowest BCUT2D eigenvalue weighted by Crippen LogP contribution is -2.57. The summed E-state index contributed by atoms with van der Waals surface area (Å²) in [6, 6.07) is 10.1. The van der Waals surface area contributed by atoms with Crippen LogP contribution in [0.1, 0.15) is 19.8 Å². The number of anilines is 1. The number of para-hydroxylation sites is 1. The Kier molecular flexibility index (Phi) is 2.67. The van der Waals surface area contributed by atoms with Crippen LogP contribution in [-0.4, -0.2) is 30.4 Å². The highest BCUT2D eigenvalue weighted by molar-refractivity contribution is 6.16. The van der Waals surface area contributed by atoms with E-state index in [0.29, 0.717) is 0 Å². The number of rotatable bonds is 1. The molecule has 1 fully saturated rings. The molecule has 1 aromatic rings. The zero-order chi connectivity index (χ0) is 12.6. The van der Waals surface area contributed by atoms with Gasteiger partial charge in [-0.05, 0) is 45.0 Å². The normalized spacial score (nSPS) is 22.4. The van der Waals surface area contributed by atoms with Crippen LogP contribution in [0, 0.1) is 0 Å². The molecule has 3 rings (SSSR count). The van der Waals surface area contributed by atoms with Crippen molar-refractivity contribution in [3.8, 4) is 0 Å². The SMILES string of the molecule is CC1=NC(=O)C2(CCNCC2)N1c1ccccc1. The minimum absolute atomic E-state index is 0.0188. The molecular formula is C14H17N3O. The maximum absolute atomic E-state index is 12.3. The quantitative estimate of drug-likeness (QED) is 0.814. The minimum atomic E-state index is -0.448. The predicted molar refractivity (Wildman–Crippen MR) is 71.9 cm³/mol. The molecule has 1 saturated heterocycles. The van der Waals surface area contributed by atoms with E-state index in [9.17, 15) is 4.79 Å². The van der Waals surface area contributed by atoms with E-state index in [4.69, 9.17) is 0 Å². The third-order valence-corrected chi connectivity index (χ3v) is 3.86. The van der Waals surface area contributed by atoms with Gasteiger partial charge in [0.25, 0.3) is 5.91 Å². The van der Waals surface area contributed by atoms with Gasteiger partial charge in [-0.1, -0.05) is 18.2 Å². The fourth-order valence-electron chi connectivity index (χ4n) is 3.00. The van der Waals surface area contributed by atoms with E-state index in [1.54, 1.807) is 0 Å². The van der Waals surface area contributed by atoms with Gasteiger partial charge >= 0.3 is 0 Å². The van der Waals surface area contributed by atoms with Gasteiger partial charge in [-0.25, -0.2) is 0 Å². The molecule has 0 radical (unpaired) electrons. The van der Waals surface area contributed by atoms with Crippen LogP contribution in [0.5, 0.6) is 0 Å². The van der Waals surface area contributed by atoms with E-state index in [1.165, 1.54) is 0 Å². The summed E-state index contributed by atoms with van der Waals surface area (Å²) in [6.45, 7) is 3.66. The number of hydrogen-bond donors (Lipinski definition) is 1. The van der Waals surface area contributed by atoms with Gasteiger partial charge in [0.05, 0.1) is 0 Å². The molecular weight excluding hydrogens is 226 g/mol. The van der Waals surface area contributed by atoms with E-state index in [-0.39, 0.29) is 5.91 Å². The van der Waals surface area contributed by atoms with Crippen LogP contribution >= 0.6 is 0 Å². The van der Waals surface area contributed by atoms with Crippen LogP contribution in [0.4, 0.5) is 5.69 Å². The molecule has 94 valence electrons. The van der Waals surface area contributed by atoms with Crippen LogP contribution < -0.4 is 10.2 Å². The molecule has 1 amide bonds. The zero-order valence-electron chi connectivity index (χ0n) is 10.5. The second kappa shape index (κ2) is 4.21. The van der Waals surface area contributed by atoms with E-state index in [0.717, 1.165) is 37.5 Å². The first-order chi connectivity index (χ1) is 8.74. The highest BCUT2D eigenvalue weighted by Gasteiger charge is 2.50. The highest BCUT2D eigenvalue weighted by atomic mass is 16.2. The molecule has 4 nitrogen and oxygen atoms in total. The Morgan fingerprint density at radius 1 is 1.22 bits per heavy atom. The van der Waals surface area contributed by atoms with Crippen molar-refractivity contribution in [2.45, 2.75) is 25.3 Å². The van der Waals surface area contributed by atoms with E-state index in [2.05, 4.69) is 15.2 Å². The monoisotopic (exact) mass is 243 g/mol. The summed E-state index contributed by atoms with van der Waals surface area (Å²) in [6.07, 6.45) is 1.64. The molecule has 2 aliphatic heterocycles. The van der Waals surface area contributed by atoms with Crippen molar-refractivity contribution in [3.63, 3.8) is 0 Å². The van der Waals surface area contributed by atoms with Crippen LogP contribution in [-0.2, 0) is 4.79 Å². The molecule has 0 atom stereocenters. The number of nitrogens with one attached hydrogen (secondary N) is 1. The summed E-state index contributed by atoms with van der Waals surface area (Å²) in [5, 5.41) is 3.31. The van der Waals surface area contributed by atoms with Crippen molar-refractivity contribution < 1.29 is 4.79 Å². The second-order valence-corrected chi connectivity index (χ2v) is 4.92. The standard InChI is InChI=1S/C14H17N3O/c1-11-16-13(18)14(7-9-15-10-8-14)17(11)12-5-3-2-4-6-12/h2-6,15H,7-10H2,1H3. The van der Waals surface area contributed by atoms with Gasteiger partial charge in [0, 0.05) is 5.69 Å². The Balaban J connectivity index is 2.04. The summed E-state index contributed by atoms with van der Waals surface area (Å²) in [5.41, 5.74) is 0.614. The van der Waals surface area contributed by atoms with Gasteiger partial charge in [-0.3, -0.25) is 4.79 Å². The van der Waals surface area contributed by atoms with Crippen molar-refractivity contribution in [2.75, 3.05) is 18.0 Å². The zero-order valence-corrected chi connectivity index (χ0v) is 10.5. The Morgan fingerprint density at radius 2 is 1.89 bits per heavy atom. The first-order valence-corrected chi connectivity index (χ1v) is 6.40. The summed E-state index contributed by atoms with van der Waals surface area (Å²) < 4.78 is 0. The first kappa shape index (κ1) is 11.4. The van der Waals surface area contributed by atoms with Gasteiger partial charge in [0.15, 0.2) is 0 Å². The number of aliphatic imine (C=N–C) groups is 1. The summed E-state index contributed by atoms with van der Waals surface area (Å²) >= 11 is 0. The summed E-state index contributed by atoms with van der Waals surface area (Å²) in [4.78, 5) is 18.6. The molecule has 0 bridgehead atoms. The third kappa shape index (κ3) is 1.56. The topological polar surface area (TPSA) is 44.7 Å². The number of nitrogens with zero attached hydrogens (tertiary/aromatic N) is 2. The Labute approximate surface area is 107 Å². The lowest BCUT2D eigenvalue weighted by atomic mass is 9.86. The van der Waals surface area contributed by atoms with Gasteiger partial charge in [-0.15, -0.1) is 0 Å². The molecule has 4 heteroatoms. The summed E-state index contributed by atoms with van der Waals surface area (Å²) in [5.74, 6) is 0.832. The van der Waals surface area contributed by atoms with E-state index >= 15 is 0 Å². The molecule has 2 heterocycles. The minimum Gasteiger partial charge on any atom is -0.317 e. The number of piperidine rings is 1. The molecule has 1 spiro atoms. The second-order valence-electron chi connectivity index (χ2n) is 4.92. The number of amidine groups is 1. The van der Waals surface area contributed by atoms with Crippen molar-refractivity contribution >= 4 is 17.4 Å². The van der Waals surface area contributed by atoms with Crippen LogP contribution in [0.3, 0.4) is 0 Å². The number of carbonyl (C=O) groups excluding carboxylic acids is 1. The van der Waals surface area contributed by atoms with Gasteiger partial charge < -0.3 is 10.2 Å². The van der Waals surface area contributed by atoms with Crippen molar-refractivity contribution in [1.29, 1.82) is 0 Å². The smallest absolute Gasteiger partial charge is 0.273 e. The molecule has 1 aromatic carbocycles. The third-order valence-electron chi connectivity index (χ3n) is 3.86. The highest BCUT2D eigenvalue weighted by Crippen LogP contribution is 2.36. The van der Waals surface area contributed by atoms with E-state index < -0.39 is 5.54 Å². The molecule has 0 aliphatic carbocycles. The summed E-state index contributed by atoms with van der Waals surface area (Å²) in [7, 11) is 0. The Hall–Kier alpha value is -1.68. The largest absolute Gasteiger partial charge is 0.317 e.